The van der Waals surface area contributed by atoms with Crippen LogP contribution in [0.3, 0.4) is 0 Å². The number of carbonyl (C=O) groups excluding carboxylic acids is 2. The second-order valence-electron chi connectivity index (χ2n) is 3.99. The van der Waals surface area contributed by atoms with E-state index in [0.717, 1.165) is 5.69 Å². The summed E-state index contributed by atoms with van der Waals surface area (Å²) in [5.41, 5.74) is 0.752. The molecular weight excluding hydrogens is 232 g/mol. The number of pyridine rings is 1. The first-order valence-corrected chi connectivity index (χ1v) is 5.84. The first-order chi connectivity index (χ1) is 8.63. The molecule has 98 valence electrons. The van der Waals surface area contributed by atoms with E-state index in [2.05, 4.69) is 9.72 Å². The van der Waals surface area contributed by atoms with Crippen molar-refractivity contribution in [2.24, 2.45) is 0 Å². The topological polar surface area (TPSA) is 59.5 Å². The highest BCUT2D eigenvalue weighted by Gasteiger charge is 2.10. The molecule has 0 atom stereocenters. The molecular formula is C13H18N2O3. The van der Waals surface area contributed by atoms with Crippen LogP contribution >= 0.6 is 0 Å². The Bertz CT molecular complexity index is 392. The van der Waals surface area contributed by atoms with E-state index in [9.17, 15) is 9.59 Å². The molecule has 1 rings (SSSR count). The van der Waals surface area contributed by atoms with Gasteiger partial charge in [0.2, 0.25) is 5.91 Å². The van der Waals surface area contributed by atoms with Gasteiger partial charge in [0.25, 0.3) is 0 Å². The number of nitrogens with zero attached hydrogens (tertiary/aromatic N) is 2. The van der Waals surface area contributed by atoms with Gasteiger partial charge in [0.1, 0.15) is 0 Å². The van der Waals surface area contributed by atoms with Gasteiger partial charge >= 0.3 is 5.97 Å². The maximum absolute atomic E-state index is 11.8. The molecule has 0 bridgehead atoms. The van der Waals surface area contributed by atoms with Crippen molar-refractivity contribution in [3.63, 3.8) is 0 Å². The van der Waals surface area contributed by atoms with Crippen molar-refractivity contribution in [2.75, 3.05) is 20.7 Å². The quantitative estimate of drug-likeness (QED) is 0.708. The molecule has 0 N–H and O–H groups in total. The second kappa shape index (κ2) is 7.42. The van der Waals surface area contributed by atoms with E-state index >= 15 is 0 Å². The van der Waals surface area contributed by atoms with Crippen LogP contribution in [0.15, 0.2) is 24.4 Å². The smallest absolute Gasteiger partial charge is 0.305 e. The van der Waals surface area contributed by atoms with E-state index in [1.807, 2.05) is 18.2 Å². The van der Waals surface area contributed by atoms with Crippen molar-refractivity contribution < 1.29 is 14.3 Å². The van der Waals surface area contributed by atoms with E-state index in [0.29, 0.717) is 19.4 Å². The molecule has 0 radical (unpaired) electrons. The molecule has 5 nitrogen and oxygen atoms in total. The third-order valence-corrected chi connectivity index (χ3v) is 2.59. The summed E-state index contributed by atoms with van der Waals surface area (Å²) in [6.07, 6.45) is 2.89. The number of esters is 1. The third kappa shape index (κ3) is 4.95. The molecule has 18 heavy (non-hydrogen) atoms. The van der Waals surface area contributed by atoms with E-state index in [-0.39, 0.29) is 18.3 Å². The number of methoxy groups -OCH3 is 1. The summed E-state index contributed by atoms with van der Waals surface area (Å²) in [5.74, 6) is -0.251. The molecule has 0 aromatic carbocycles. The number of aromatic nitrogens is 1. The number of rotatable bonds is 6. The van der Waals surface area contributed by atoms with Gasteiger partial charge in [0.05, 0.1) is 13.5 Å². The molecule has 0 unspecified atom stereocenters. The van der Waals surface area contributed by atoms with Crippen LogP contribution in [0.5, 0.6) is 0 Å². The van der Waals surface area contributed by atoms with E-state index < -0.39 is 0 Å². The Morgan fingerprint density at radius 3 is 2.78 bits per heavy atom. The summed E-state index contributed by atoms with van der Waals surface area (Å²) < 4.78 is 4.54. The lowest BCUT2D eigenvalue weighted by Crippen LogP contribution is -2.29. The SMILES string of the molecule is COC(=O)CCCN(C)C(=O)Cc1ccccn1. The number of likely N-dealkylation sites (N-methyl/N-ethyl adjacent to an activating group) is 1. The van der Waals surface area contributed by atoms with Crippen LogP contribution < -0.4 is 0 Å². The molecule has 0 aliphatic carbocycles. The fraction of sp³-hybridized carbons (Fsp3) is 0.462. The Balaban J connectivity index is 2.31. The summed E-state index contributed by atoms with van der Waals surface area (Å²) in [5, 5.41) is 0. The normalized spacial score (nSPS) is 9.89. The number of ether oxygens (including phenoxy) is 1. The molecule has 1 heterocycles. The summed E-state index contributed by atoms with van der Waals surface area (Å²) in [7, 11) is 3.08. The summed E-state index contributed by atoms with van der Waals surface area (Å²) >= 11 is 0. The minimum absolute atomic E-state index is 0.00133. The minimum Gasteiger partial charge on any atom is -0.469 e. The zero-order valence-corrected chi connectivity index (χ0v) is 10.8. The summed E-state index contributed by atoms with van der Waals surface area (Å²) in [6.45, 7) is 0.542. The lowest BCUT2D eigenvalue weighted by atomic mass is 10.2. The lowest BCUT2D eigenvalue weighted by molar-refractivity contribution is -0.141. The molecule has 1 aromatic heterocycles. The Morgan fingerprint density at radius 2 is 2.17 bits per heavy atom. The van der Waals surface area contributed by atoms with Crippen LogP contribution in [0.2, 0.25) is 0 Å². The van der Waals surface area contributed by atoms with Crippen LogP contribution in [-0.2, 0) is 20.7 Å². The molecule has 5 heteroatoms. The summed E-state index contributed by atoms with van der Waals surface area (Å²) in [4.78, 5) is 28.5. The van der Waals surface area contributed by atoms with Crippen molar-refractivity contribution >= 4 is 11.9 Å². The Morgan fingerprint density at radius 1 is 1.39 bits per heavy atom. The highest BCUT2D eigenvalue weighted by Crippen LogP contribution is 2.00. The van der Waals surface area contributed by atoms with Crippen LogP contribution in [-0.4, -0.2) is 42.5 Å². The molecule has 0 fully saturated rings. The van der Waals surface area contributed by atoms with Gasteiger partial charge in [0.15, 0.2) is 0 Å². The maximum atomic E-state index is 11.8. The average molecular weight is 250 g/mol. The molecule has 1 amide bonds. The zero-order chi connectivity index (χ0) is 13.4. The fourth-order valence-corrected chi connectivity index (χ4v) is 1.48. The van der Waals surface area contributed by atoms with Crippen molar-refractivity contribution in [3.8, 4) is 0 Å². The Hall–Kier alpha value is -1.91. The van der Waals surface area contributed by atoms with Crippen molar-refractivity contribution in [2.45, 2.75) is 19.3 Å². The minimum atomic E-state index is -0.249. The third-order valence-electron chi connectivity index (χ3n) is 2.59. The van der Waals surface area contributed by atoms with E-state index in [1.165, 1.54) is 7.11 Å². The Labute approximate surface area is 107 Å². The van der Waals surface area contributed by atoms with E-state index in [4.69, 9.17) is 0 Å². The molecule has 0 spiro atoms. The van der Waals surface area contributed by atoms with Crippen molar-refractivity contribution in [3.05, 3.63) is 30.1 Å². The highest BCUT2D eigenvalue weighted by molar-refractivity contribution is 5.78. The molecule has 0 aliphatic heterocycles. The van der Waals surface area contributed by atoms with Crippen molar-refractivity contribution in [1.82, 2.24) is 9.88 Å². The number of carbonyl (C=O) groups is 2. The van der Waals surface area contributed by atoms with Crippen LogP contribution in [0.4, 0.5) is 0 Å². The van der Waals surface area contributed by atoms with Gasteiger partial charge in [-0.1, -0.05) is 6.07 Å². The first kappa shape index (κ1) is 14.2. The lowest BCUT2D eigenvalue weighted by Gasteiger charge is -2.16. The van der Waals surface area contributed by atoms with Gasteiger partial charge in [-0.15, -0.1) is 0 Å². The predicted molar refractivity (Wildman–Crippen MR) is 66.8 cm³/mol. The second-order valence-corrected chi connectivity index (χ2v) is 3.99. The van der Waals surface area contributed by atoms with Gasteiger partial charge in [-0.25, -0.2) is 0 Å². The van der Waals surface area contributed by atoms with E-state index in [1.54, 1.807) is 18.1 Å². The molecule has 0 saturated carbocycles. The fourth-order valence-electron chi connectivity index (χ4n) is 1.48. The molecule has 0 saturated heterocycles. The predicted octanol–water partition coefficient (Wildman–Crippen LogP) is 1.04. The van der Waals surface area contributed by atoms with Crippen LogP contribution in [0.25, 0.3) is 0 Å². The monoisotopic (exact) mass is 250 g/mol. The van der Waals surface area contributed by atoms with Gasteiger partial charge in [-0.3, -0.25) is 14.6 Å². The number of hydrogen-bond donors (Lipinski definition) is 0. The number of amides is 1. The van der Waals surface area contributed by atoms with Crippen LogP contribution in [0.1, 0.15) is 18.5 Å². The molecule has 1 aromatic rings. The Kier molecular flexibility index (Phi) is 5.84. The largest absolute Gasteiger partial charge is 0.469 e. The van der Waals surface area contributed by atoms with Crippen molar-refractivity contribution in [1.29, 1.82) is 0 Å². The summed E-state index contributed by atoms with van der Waals surface area (Å²) in [6, 6.07) is 5.49. The highest BCUT2D eigenvalue weighted by atomic mass is 16.5. The van der Waals surface area contributed by atoms with Gasteiger partial charge in [-0.05, 0) is 18.6 Å². The van der Waals surface area contributed by atoms with Gasteiger partial charge in [0, 0.05) is 31.9 Å². The number of hydrogen-bond acceptors (Lipinski definition) is 4. The standard InChI is InChI=1S/C13H18N2O3/c1-15(9-5-7-13(17)18-2)12(16)10-11-6-3-4-8-14-11/h3-4,6,8H,5,7,9-10H2,1-2H3. The first-order valence-electron chi connectivity index (χ1n) is 5.84. The van der Waals surface area contributed by atoms with Gasteiger partial charge < -0.3 is 9.64 Å². The average Bonchev–Trinajstić information content (AvgIpc) is 2.39. The van der Waals surface area contributed by atoms with Crippen LogP contribution in [0, 0.1) is 0 Å². The maximum Gasteiger partial charge on any atom is 0.305 e. The molecule has 0 aliphatic rings. The zero-order valence-electron chi connectivity index (χ0n) is 10.8. The van der Waals surface area contributed by atoms with Gasteiger partial charge in [-0.2, -0.15) is 0 Å².